The van der Waals surface area contributed by atoms with Crippen LogP contribution in [0.25, 0.3) is 11.1 Å². The third-order valence-electron chi connectivity index (χ3n) is 4.99. The standard InChI is InChI=1S/C23H24F2N4O3S/c1-14-4-3-7-31-20-10-16(5-6-18(20)24)17-11-21(27-12-19(17)25)28-22-8-15(13-33(2,26)30)9-23(29-22)32-14/h5-6,8-12,14,26H,3-4,7,13H2,1-2H3,(H,27,28,29). The minimum absolute atomic E-state index is 0.0310. The van der Waals surface area contributed by atoms with E-state index >= 15 is 0 Å². The van der Waals surface area contributed by atoms with Gasteiger partial charge in [-0.2, -0.15) is 4.98 Å². The molecule has 2 unspecified atom stereocenters. The maximum Gasteiger partial charge on any atom is 0.215 e. The van der Waals surface area contributed by atoms with Crippen molar-refractivity contribution in [3.8, 4) is 22.8 Å². The highest BCUT2D eigenvalue weighted by atomic mass is 32.2. The summed E-state index contributed by atoms with van der Waals surface area (Å²) in [5, 5.41) is 3.02. The van der Waals surface area contributed by atoms with E-state index in [1.165, 1.54) is 30.5 Å². The predicted octanol–water partition coefficient (Wildman–Crippen LogP) is 5.28. The summed E-state index contributed by atoms with van der Waals surface area (Å²) in [6, 6.07) is 8.99. The molecule has 3 heterocycles. The monoisotopic (exact) mass is 474 g/mol. The Morgan fingerprint density at radius 3 is 2.79 bits per heavy atom. The van der Waals surface area contributed by atoms with Gasteiger partial charge in [0.1, 0.15) is 17.5 Å². The lowest BCUT2D eigenvalue weighted by atomic mass is 10.1. The number of aromatic nitrogens is 2. The number of rotatable bonds is 2. The predicted molar refractivity (Wildman–Crippen MR) is 122 cm³/mol. The summed E-state index contributed by atoms with van der Waals surface area (Å²) in [6.45, 7) is 2.14. The van der Waals surface area contributed by atoms with Gasteiger partial charge in [0.05, 0.1) is 24.7 Å². The van der Waals surface area contributed by atoms with Gasteiger partial charge in [-0.3, -0.25) is 4.78 Å². The molecule has 2 aromatic heterocycles. The third-order valence-corrected chi connectivity index (χ3v) is 5.88. The summed E-state index contributed by atoms with van der Waals surface area (Å²) in [6.07, 6.45) is 3.43. The minimum atomic E-state index is -2.80. The number of benzene rings is 1. The molecule has 3 aromatic rings. The Morgan fingerprint density at radius 1 is 1.18 bits per heavy atom. The summed E-state index contributed by atoms with van der Waals surface area (Å²) < 4.78 is 60.2. The smallest absolute Gasteiger partial charge is 0.215 e. The minimum Gasteiger partial charge on any atom is -0.490 e. The number of hydrogen-bond donors (Lipinski definition) is 2. The second kappa shape index (κ2) is 9.30. The molecule has 0 spiro atoms. The Labute approximate surface area is 191 Å². The molecule has 33 heavy (non-hydrogen) atoms. The van der Waals surface area contributed by atoms with Crippen LogP contribution in [-0.4, -0.2) is 33.1 Å². The Kier molecular flexibility index (Phi) is 6.46. The van der Waals surface area contributed by atoms with Crippen LogP contribution < -0.4 is 14.8 Å². The second-order valence-corrected chi connectivity index (χ2v) is 10.4. The lowest BCUT2D eigenvalue weighted by Gasteiger charge is -2.17. The molecule has 0 saturated carbocycles. The summed E-state index contributed by atoms with van der Waals surface area (Å²) in [5.74, 6) is -0.0461. The highest BCUT2D eigenvalue weighted by molar-refractivity contribution is 7.90. The zero-order valence-corrected chi connectivity index (χ0v) is 19.0. The highest BCUT2D eigenvalue weighted by Crippen LogP contribution is 2.31. The largest absolute Gasteiger partial charge is 0.490 e. The molecule has 0 amide bonds. The molecule has 2 atom stereocenters. The number of nitrogens with zero attached hydrogens (tertiary/aromatic N) is 2. The van der Waals surface area contributed by atoms with Gasteiger partial charge in [0.2, 0.25) is 5.88 Å². The van der Waals surface area contributed by atoms with Crippen LogP contribution in [0.15, 0.2) is 42.6 Å². The van der Waals surface area contributed by atoms with E-state index in [1.807, 2.05) is 6.92 Å². The van der Waals surface area contributed by atoms with Crippen LogP contribution in [0.4, 0.5) is 20.4 Å². The zero-order chi connectivity index (χ0) is 23.6. The molecular formula is C23H24F2N4O3S. The van der Waals surface area contributed by atoms with Crippen molar-refractivity contribution < 1.29 is 22.5 Å². The fourth-order valence-electron chi connectivity index (χ4n) is 3.54. The maximum absolute atomic E-state index is 14.6. The normalized spacial score (nSPS) is 17.8. The van der Waals surface area contributed by atoms with Crippen LogP contribution in [0.2, 0.25) is 0 Å². The lowest BCUT2D eigenvalue weighted by molar-refractivity contribution is 0.186. The number of anilines is 2. The van der Waals surface area contributed by atoms with Crippen LogP contribution in [0.1, 0.15) is 25.3 Å². The molecule has 0 aliphatic carbocycles. The first-order valence-corrected chi connectivity index (χ1v) is 12.5. The SMILES string of the molecule is CC1CCCOc2cc(ccc2F)-c2cc(ncc2F)Nc2cc(CS(C)(=N)=O)cc(n2)O1. The fraction of sp³-hybridized carbons (Fsp3) is 0.304. The van der Waals surface area contributed by atoms with Crippen molar-refractivity contribution in [2.75, 3.05) is 18.2 Å². The van der Waals surface area contributed by atoms with E-state index in [9.17, 15) is 13.0 Å². The van der Waals surface area contributed by atoms with Gasteiger partial charge in [-0.15, -0.1) is 0 Å². The molecule has 0 saturated heterocycles. The number of pyridine rings is 2. The van der Waals surface area contributed by atoms with E-state index in [0.717, 1.165) is 6.20 Å². The molecule has 2 N–H and O–H groups in total. The first-order valence-electron chi connectivity index (χ1n) is 10.4. The van der Waals surface area contributed by atoms with Crippen molar-refractivity contribution in [2.45, 2.75) is 31.6 Å². The van der Waals surface area contributed by atoms with Crippen molar-refractivity contribution >= 4 is 21.4 Å². The molecular weight excluding hydrogens is 450 g/mol. The highest BCUT2D eigenvalue weighted by Gasteiger charge is 2.15. The van der Waals surface area contributed by atoms with Gasteiger partial charge in [0.15, 0.2) is 11.6 Å². The van der Waals surface area contributed by atoms with Gasteiger partial charge in [0, 0.05) is 27.6 Å². The zero-order valence-electron chi connectivity index (χ0n) is 18.2. The van der Waals surface area contributed by atoms with Crippen molar-refractivity contribution in [3.63, 3.8) is 0 Å². The van der Waals surface area contributed by atoms with Gasteiger partial charge in [-0.05, 0) is 55.2 Å². The molecule has 174 valence electrons. The Bertz CT molecular complexity index is 1280. The van der Waals surface area contributed by atoms with Crippen molar-refractivity contribution in [1.82, 2.24) is 9.97 Å². The van der Waals surface area contributed by atoms with E-state index < -0.39 is 21.4 Å². The summed E-state index contributed by atoms with van der Waals surface area (Å²) in [4.78, 5) is 8.53. The van der Waals surface area contributed by atoms with Gasteiger partial charge in [-0.1, -0.05) is 6.07 Å². The summed E-state index contributed by atoms with van der Waals surface area (Å²) in [7, 11) is -2.80. The number of nitrogens with one attached hydrogen (secondary N) is 2. The number of fused-ring (bicyclic) bond motifs is 7. The third kappa shape index (κ3) is 5.95. The molecule has 1 aliphatic heterocycles. The van der Waals surface area contributed by atoms with E-state index in [0.29, 0.717) is 41.5 Å². The summed E-state index contributed by atoms with van der Waals surface area (Å²) >= 11 is 0. The van der Waals surface area contributed by atoms with Crippen LogP contribution in [0.3, 0.4) is 0 Å². The fourth-order valence-corrected chi connectivity index (χ4v) is 4.35. The first kappa shape index (κ1) is 22.9. The van der Waals surface area contributed by atoms with Crippen molar-refractivity contribution in [1.29, 1.82) is 4.78 Å². The quantitative estimate of drug-likeness (QED) is 0.524. The van der Waals surface area contributed by atoms with E-state index in [4.69, 9.17) is 14.3 Å². The molecule has 4 rings (SSSR count). The van der Waals surface area contributed by atoms with Crippen LogP contribution >= 0.6 is 0 Å². The van der Waals surface area contributed by atoms with Gasteiger partial charge in [-0.25, -0.2) is 18.0 Å². The Hall–Kier alpha value is -3.27. The average Bonchev–Trinajstić information content (AvgIpc) is 2.72. The van der Waals surface area contributed by atoms with E-state index in [-0.39, 0.29) is 29.8 Å². The van der Waals surface area contributed by atoms with Gasteiger partial charge in [0.25, 0.3) is 0 Å². The first-order chi connectivity index (χ1) is 15.7. The van der Waals surface area contributed by atoms with Crippen LogP contribution in [0.5, 0.6) is 11.6 Å². The Morgan fingerprint density at radius 2 is 2.00 bits per heavy atom. The van der Waals surface area contributed by atoms with Crippen molar-refractivity contribution in [2.24, 2.45) is 0 Å². The second-order valence-electron chi connectivity index (χ2n) is 8.09. The average molecular weight is 475 g/mol. The molecule has 6 bridgehead atoms. The molecule has 1 aliphatic rings. The molecule has 0 fully saturated rings. The molecule has 1 aromatic carbocycles. The molecule has 7 nitrogen and oxygen atoms in total. The molecule has 10 heteroatoms. The van der Waals surface area contributed by atoms with Crippen molar-refractivity contribution in [3.05, 3.63) is 59.8 Å². The van der Waals surface area contributed by atoms with E-state index in [1.54, 1.807) is 12.1 Å². The number of ether oxygens (including phenoxy) is 2. The van der Waals surface area contributed by atoms with Crippen LogP contribution in [0, 0.1) is 16.4 Å². The maximum atomic E-state index is 14.6. The van der Waals surface area contributed by atoms with Gasteiger partial charge < -0.3 is 14.8 Å². The van der Waals surface area contributed by atoms with E-state index in [2.05, 4.69) is 15.3 Å². The summed E-state index contributed by atoms with van der Waals surface area (Å²) in [5.41, 5.74) is 1.28. The Balaban J connectivity index is 1.79. The number of halogens is 2. The number of hydrogen-bond acceptors (Lipinski definition) is 7. The molecule has 0 radical (unpaired) electrons. The lowest BCUT2D eigenvalue weighted by Crippen LogP contribution is -2.15. The van der Waals surface area contributed by atoms with Crippen LogP contribution in [-0.2, 0) is 15.5 Å². The van der Waals surface area contributed by atoms with Gasteiger partial charge >= 0.3 is 0 Å². The topological polar surface area (TPSA) is 97.2 Å².